The van der Waals surface area contributed by atoms with Crippen LogP contribution in [0.2, 0.25) is 0 Å². The van der Waals surface area contributed by atoms with Crippen molar-refractivity contribution in [2.75, 3.05) is 13.1 Å². The van der Waals surface area contributed by atoms with E-state index in [1.165, 1.54) is 12.1 Å². The van der Waals surface area contributed by atoms with E-state index in [0.717, 1.165) is 17.6 Å². The second-order valence-electron chi connectivity index (χ2n) is 4.21. The first-order valence-electron chi connectivity index (χ1n) is 5.89. The molecule has 0 unspecified atom stereocenters. The molecule has 0 bridgehead atoms. The van der Waals surface area contributed by atoms with Gasteiger partial charge in [-0.15, -0.1) is 0 Å². The number of hydrogen-bond donors (Lipinski definition) is 3. The Balaban J connectivity index is 2.34. The van der Waals surface area contributed by atoms with Crippen LogP contribution < -0.4 is 11.1 Å². The number of halogens is 1. The van der Waals surface area contributed by atoms with Crippen molar-refractivity contribution in [1.29, 1.82) is 0 Å². The van der Waals surface area contributed by atoms with E-state index in [1.807, 2.05) is 0 Å². The molecule has 0 aliphatic carbocycles. The smallest absolute Gasteiger partial charge is 0.253 e. The lowest BCUT2D eigenvalue weighted by Gasteiger charge is -2.04. The van der Waals surface area contributed by atoms with Gasteiger partial charge in [-0.1, -0.05) is 0 Å². The molecular formula is C13H16FN3O. The number of H-pyrrole nitrogens is 1. The molecule has 2 aromatic rings. The Bertz CT molecular complexity index is 577. The van der Waals surface area contributed by atoms with E-state index in [1.54, 1.807) is 13.0 Å². The maximum atomic E-state index is 13.2. The molecule has 18 heavy (non-hydrogen) atoms. The number of benzene rings is 1. The fraction of sp³-hybridized carbons (Fsp3) is 0.308. The Morgan fingerprint density at radius 2 is 2.28 bits per heavy atom. The standard InChI is InChI=1S/C13H16FN3O/c1-8-12(13(18)16-6-2-5-15)10-7-9(14)3-4-11(10)17-8/h3-4,7,17H,2,5-6,15H2,1H3,(H,16,18). The number of aromatic amines is 1. The zero-order chi connectivity index (χ0) is 13.1. The molecule has 0 atom stereocenters. The average molecular weight is 249 g/mol. The van der Waals surface area contributed by atoms with Crippen molar-refractivity contribution in [2.24, 2.45) is 5.73 Å². The van der Waals surface area contributed by atoms with Crippen molar-refractivity contribution in [1.82, 2.24) is 10.3 Å². The second-order valence-corrected chi connectivity index (χ2v) is 4.21. The van der Waals surface area contributed by atoms with Gasteiger partial charge in [0.15, 0.2) is 0 Å². The van der Waals surface area contributed by atoms with Gasteiger partial charge in [-0.3, -0.25) is 4.79 Å². The fourth-order valence-electron chi connectivity index (χ4n) is 1.98. The van der Waals surface area contributed by atoms with Gasteiger partial charge in [-0.25, -0.2) is 4.39 Å². The number of aromatic nitrogens is 1. The highest BCUT2D eigenvalue weighted by atomic mass is 19.1. The minimum atomic E-state index is -0.350. The van der Waals surface area contributed by atoms with Crippen molar-refractivity contribution in [3.05, 3.63) is 35.3 Å². The number of hydrogen-bond acceptors (Lipinski definition) is 2. The van der Waals surface area contributed by atoms with Crippen molar-refractivity contribution >= 4 is 16.8 Å². The summed E-state index contributed by atoms with van der Waals surface area (Å²) < 4.78 is 13.2. The molecule has 0 aliphatic rings. The molecule has 4 N–H and O–H groups in total. The number of carbonyl (C=O) groups excluding carboxylic acids is 1. The molecule has 1 amide bonds. The Kier molecular flexibility index (Phi) is 3.62. The first kappa shape index (κ1) is 12.6. The first-order chi connectivity index (χ1) is 8.63. The van der Waals surface area contributed by atoms with Crippen LogP contribution in [0.15, 0.2) is 18.2 Å². The quantitative estimate of drug-likeness (QED) is 0.722. The summed E-state index contributed by atoms with van der Waals surface area (Å²) in [6, 6.07) is 4.37. The van der Waals surface area contributed by atoms with E-state index in [4.69, 9.17) is 5.73 Å². The van der Waals surface area contributed by atoms with Gasteiger partial charge in [0.2, 0.25) is 0 Å². The van der Waals surface area contributed by atoms with Gasteiger partial charge in [0.05, 0.1) is 5.56 Å². The molecule has 96 valence electrons. The summed E-state index contributed by atoms with van der Waals surface area (Å²) in [6.07, 6.45) is 0.724. The molecule has 4 nitrogen and oxygen atoms in total. The van der Waals surface area contributed by atoms with Crippen LogP contribution in [0.3, 0.4) is 0 Å². The van der Waals surface area contributed by atoms with Gasteiger partial charge < -0.3 is 16.0 Å². The van der Waals surface area contributed by atoms with Gasteiger partial charge in [0.25, 0.3) is 5.91 Å². The van der Waals surface area contributed by atoms with Crippen molar-refractivity contribution in [2.45, 2.75) is 13.3 Å². The monoisotopic (exact) mass is 249 g/mol. The van der Waals surface area contributed by atoms with Crippen LogP contribution in [0.25, 0.3) is 10.9 Å². The predicted molar refractivity (Wildman–Crippen MR) is 69.0 cm³/mol. The minimum Gasteiger partial charge on any atom is -0.358 e. The molecule has 1 aromatic heterocycles. The number of nitrogens with two attached hydrogens (primary N) is 1. The average Bonchev–Trinajstić information content (AvgIpc) is 2.64. The summed E-state index contributed by atoms with van der Waals surface area (Å²) in [4.78, 5) is 15.1. The number of aryl methyl sites for hydroxylation is 1. The number of nitrogens with one attached hydrogen (secondary N) is 2. The zero-order valence-electron chi connectivity index (χ0n) is 10.2. The summed E-state index contributed by atoms with van der Waals surface area (Å²) in [5, 5.41) is 3.39. The lowest BCUT2D eigenvalue weighted by molar-refractivity contribution is 0.0954. The number of amides is 1. The van der Waals surface area contributed by atoms with Gasteiger partial charge >= 0.3 is 0 Å². The molecule has 0 spiro atoms. The van der Waals surface area contributed by atoms with Crippen LogP contribution in [0.1, 0.15) is 22.5 Å². The fourth-order valence-corrected chi connectivity index (χ4v) is 1.98. The normalized spacial score (nSPS) is 10.8. The van der Waals surface area contributed by atoms with E-state index < -0.39 is 0 Å². The molecule has 0 saturated heterocycles. The second kappa shape index (κ2) is 5.18. The highest BCUT2D eigenvalue weighted by molar-refractivity contribution is 6.08. The Labute approximate surface area is 104 Å². The molecule has 1 aromatic carbocycles. The Morgan fingerprint density at radius 3 is 3.00 bits per heavy atom. The summed E-state index contributed by atoms with van der Waals surface area (Å²) >= 11 is 0. The molecule has 5 heteroatoms. The maximum Gasteiger partial charge on any atom is 0.253 e. The minimum absolute atomic E-state index is 0.196. The number of fused-ring (bicyclic) bond motifs is 1. The molecule has 0 aliphatic heterocycles. The van der Waals surface area contributed by atoms with Crippen LogP contribution in [-0.2, 0) is 0 Å². The third-order valence-electron chi connectivity index (χ3n) is 2.84. The zero-order valence-corrected chi connectivity index (χ0v) is 10.2. The summed E-state index contributed by atoms with van der Waals surface area (Å²) in [6.45, 7) is 2.86. The Hall–Kier alpha value is -1.88. The molecule has 0 fully saturated rings. The van der Waals surface area contributed by atoms with Crippen LogP contribution in [0.4, 0.5) is 4.39 Å². The molecule has 2 rings (SSSR count). The highest BCUT2D eigenvalue weighted by Gasteiger charge is 2.15. The maximum absolute atomic E-state index is 13.2. The van der Waals surface area contributed by atoms with Gasteiger partial charge in [-0.2, -0.15) is 0 Å². The number of carbonyl (C=O) groups is 1. The van der Waals surface area contributed by atoms with E-state index in [-0.39, 0.29) is 11.7 Å². The highest BCUT2D eigenvalue weighted by Crippen LogP contribution is 2.22. The van der Waals surface area contributed by atoms with Gasteiger partial charge in [0.1, 0.15) is 5.82 Å². The lowest BCUT2D eigenvalue weighted by atomic mass is 10.1. The largest absolute Gasteiger partial charge is 0.358 e. The molecule has 0 radical (unpaired) electrons. The third kappa shape index (κ3) is 2.36. The predicted octanol–water partition coefficient (Wildman–Crippen LogP) is 1.69. The SMILES string of the molecule is Cc1[nH]c2ccc(F)cc2c1C(=O)NCCCN. The van der Waals surface area contributed by atoms with Crippen molar-refractivity contribution in [3.63, 3.8) is 0 Å². The van der Waals surface area contributed by atoms with Crippen LogP contribution in [0, 0.1) is 12.7 Å². The Morgan fingerprint density at radius 1 is 1.50 bits per heavy atom. The van der Waals surface area contributed by atoms with E-state index in [9.17, 15) is 9.18 Å². The third-order valence-corrected chi connectivity index (χ3v) is 2.84. The van der Waals surface area contributed by atoms with E-state index in [2.05, 4.69) is 10.3 Å². The van der Waals surface area contributed by atoms with Crippen molar-refractivity contribution in [3.8, 4) is 0 Å². The summed E-state index contributed by atoms with van der Waals surface area (Å²) in [7, 11) is 0. The topological polar surface area (TPSA) is 70.9 Å². The molecule has 1 heterocycles. The summed E-state index contributed by atoms with van der Waals surface area (Å²) in [5.41, 5.74) is 7.37. The van der Waals surface area contributed by atoms with Crippen LogP contribution in [-0.4, -0.2) is 24.0 Å². The van der Waals surface area contributed by atoms with E-state index >= 15 is 0 Å². The first-order valence-corrected chi connectivity index (χ1v) is 5.89. The molecule has 0 saturated carbocycles. The number of rotatable bonds is 4. The van der Waals surface area contributed by atoms with Gasteiger partial charge in [-0.05, 0) is 38.1 Å². The lowest BCUT2D eigenvalue weighted by Crippen LogP contribution is -2.26. The van der Waals surface area contributed by atoms with Crippen molar-refractivity contribution < 1.29 is 9.18 Å². The van der Waals surface area contributed by atoms with Crippen LogP contribution in [0.5, 0.6) is 0 Å². The van der Waals surface area contributed by atoms with E-state index in [0.29, 0.717) is 24.0 Å². The molecular weight excluding hydrogens is 233 g/mol. The summed E-state index contributed by atoms with van der Waals surface area (Å²) in [5.74, 6) is -0.546. The van der Waals surface area contributed by atoms with Crippen LogP contribution >= 0.6 is 0 Å². The van der Waals surface area contributed by atoms with Gasteiger partial charge in [0, 0.05) is 23.1 Å².